The number of rotatable bonds is 2. The molecule has 0 amide bonds. The molecule has 0 unspecified atom stereocenters. The number of hydrogen-bond donors (Lipinski definition) is 1. The monoisotopic (exact) mass is 113 g/mol. The van der Waals surface area contributed by atoms with Gasteiger partial charge in [-0.3, -0.25) is 0 Å². The van der Waals surface area contributed by atoms with Gasteiger partial charge in [0, 0.05) is 6.04 Å². The molecule has 0 aliphatic heterocycles. The van der Waals surface area contributed by atoms with E-state index in [9.17, 15) is 0 Å². The molecule has 0 radical (unpaired) electrons. The smallest absolute Gasteiger partial charge is 0.00895 e. The maximum Gasteiger partial charge on any atom is 0.00895 e. The fourth-order valence-electron chi connectivity index (χ4n) is 0.979. The van der Waals surface area contributed by atoms with Gasteiger partial charge in [0.1, 0.15) is 0 Å². The van der Waals surface area contributed by atoms with E-state index in [-0.39, 0.29) is 0 Å². The van der Waals surface area contributed by atoms with Gasteiger partial charge in [0.05, 0.1) is 0 Å². The molecule has 0 saturated heterocycles. The molecule has 1 aliphatic carbocycles. The summed E-state index contributed by atoms with van der Waals surface area (Å²) in [5.74, 6) is 0. The molecule has 0 bridgehead atoms. The predicted molar refractivity (Wildman–Crippen MR) is 35.9 cm³/mol. The van der Waals surface area contributed by atoms with Crippen LogP contribution in [0.4, 0.5) is 0 Å². The minimum Gasteiger partial charge on any atom is -0.317 e. The van der Waals surface area contributed by atoms with E-state index in [1.807, 2.05) is 7.05 Å². The van der Waals surface area contributed by atoms with E-state index < -0.39 is 0 Å². The molecule has 0 aromatic carbocycles. The highest BCUT2D eigenvalue weighted by molar-refractivity contribution is 4.95. The number of hydrogen-bond acceptors (Lipinski definition) is 1. The van der Waals surface area contributed by atoms with Crippen LogP contribution in [0.3, 0.4) is 0 Å². The van der Waals surface area contributed by atoms with Crippen molar-refractivity contribution in [1.82, 2.24) is 5.32 Å². The minimum atomic E-state index is 0.648. The summed E-state index contributed by atoms with van der Waals surface area (Å²) in [6.07, 6.45) is 2.82. The maximum atomic E-state index is 3.27. The van der Waals surface area contributed by atoms with Crippen LogP contribution < -0.4 is 5.32 Å². The Morgan fingerprint density at radius 2 is 2.00 bits per heavy atom. The molecular formula is C7H15N. The highest BCUT2D eigenvalue weighted by Gasteiger charge is 2.41. The zero-order chi connectivity index (χ0) is 6.20. The predicted octanol–water partition coefficient (Wildman–Crippen LogP) is 1.39. The van der Waals surface area contributed by atoms with Crippen molar-refractivity contribution >= 4 is 0 Å². The van der Waals surface area contributed by atoms with Gasteiger partial charge in [-0.25, -0.2) is 0 Å². The van der Waals surface area contributed by atoms with Crippen molar-refractivity contribution in [1.29, 1.82) is 0 Å². The standard InChI is InChI=1S/C7H15N/c1-6(8-3)7(2)4-5-7/h6,8H,4-5H2,1-3H3/t6-/m0/s1. The van der Waals surface area contributed by atoms with Crippen LogP contribution in [0.5, 0.6) is 0 Å². The highest BCUT2D eigenvalue weighted by Crippen LogP contribution is 2.47. The van der Waals surface area contributed by atoms with Crippen LogP contribution >= 0.6 is 0 Å². The molecule has 1 aliphatic rings. The largest absolute Gasteiger partial charge is 0.317 e. The third-order valence-corrected chi connectivity index (χ3v) is 2.52. The topological polar surface area (TPSA) is 12.0 Å². The van der Waals surface area contributed by atoms with Gasteiger partial charge in [0.15, 0.2) is 0 Å². The van der Waals surface area contributed by atoms with Gasteiger partial charge in [-0.2, -0.15) is 0 Å². The van der Waals surface area contributed by atoms with Crippen molar-refractivity contribution in [3.8, 4) is 0 Å². The van der Waals surface area contributed by atoms with E-state index in [1.165, 1.54) is 12.8 Å². The Balaban J connectivity index is 2.34. The van der Waals surface area contributed by atoms with Gasteiger partial charge in [0.25, 0.3) is 0 Å². The van der Waals surface area contributed by atoms with Crippen molar-refractivity contribution in [2.24, 2.45) is 5.41 Å². The van der Waals surface area contributed by atoms with Gasteiger partial charge in [0.2, 0.25) is 0 Å². The van der Waals surface area contributed by atoms with E-state index in [4.69, 9.17) is 0 Å². The summed E-state index contributed by atoms with van der Waals surface area (Å²) in [5, 5.41) is 3.27. The molecule has 1 rings (SSSR count). The molecule has 1 heteroatoms. The fourth-order valence-corrected chi connectivity index (χ4v) is 0.979. The second kappa shape index (κ2) is 1.73. The first-order valence-electron chi connectivity index (χ1n) is 3.36. The number of nitrogens with one attached hydrogen (secondary N) is 1. The lowest BCUT2D eigenvalue weighted by Crippen LogP contribution is -2.29. The van der Waals surface area contributed by atoms with Crippen LogP contribution in [0.1, 0.15) is 26.7 Å². The molecule has 8 heavy (non-hydrogen) atoms. The van der Waals surface area contributed by atoms with E-state index in [1.54, 1.807) is 0 Å². The summed E-state index contributed by atoms with van der Waals surface area (Å²) in [6, 6.07) is 0.711. The van der Waals surface area contributed by atoms with Gasteiger partial charge >= 0.3 is 0 Å². The molecule has 1 fully saturated rings. The van der Waals surface area contributed by atoms with E-state index >= 15 is 0 Å². The summed E-state index contributed by atoms with van der Waals surface area (Å²) in [5.41, 5.74) is 0.648. The normalized spacial score (nSPS) is 27.4. The second-order valence-corrected chi connectivity index (χ2v) is 3.16. The van der Waals surface area contributed by atoms with Crippen LogP contribution in [-0.4, -0.2) is 13.1 Å². The first-order valence-corrected chi connectivity index (χ1v) is 3.36. The molecular weight excluding hydrogens is 98.1 g/mol. The first kappa shape index (κ1) is 6.09. The van der Waals surface area contributed by atoms with Crippen molar-refractivity contribution < 1.29 is 0 Å². The molecule has 1 N–H and O–H groups in total. The molecule has 0 aromatic rings. The van der Waals surface area contributed by atoms with Crippen molar-refractivity contribution in [2.75, 3.05) is 7.05 Å². The Bertz CT molecular complexity index is 84.4. The Labute approximate surface area is 51.5 Å². The third kappa shape index (κ3) is 0.873. The quantitative estimate of drug-likeness (QED) is 0.570. The summed E-state index contributed by atoms with van der Waals surface area (Å²) < 4.78 is 0. The maximum absolute atomic E-state index is 3.27. The zero-order valence-corrected chi connectivity index (χ0v) is 5.99. The highest BCUT2D eigenvalue weighted by atomic mass is 14.9. The van der Waals surface area contributed by atoms with Gasteiger partial charge in [-0.05, 0) is 32.2 Å². The molecule has 48 valence electrons. The Hall–Kier alpha value is -0.0400. The lowest BCUT2D eigenvalue weighted by molar-refractivity contribution is 0.406. The summed E-state index contributed by atoms with van der Waals surface area (Å²) in [6.45, 7) is 4.60. The lowest BCUT2D eigenvalue weighted by atomic mass is 10.0. The SMILES string of the molecule is CN[C@@H](C)C1(C)CC1. The van der Waals surface area contributed by atoms with Crippen LogP contribution in [-0.2, 0) is 0 Å². The van der Waals surface area contributed by atoms with Crippen LogP contribution in [0.2, 0.25) is 0 Å². The van der Waals surface area contributed by atoms with Gasteiger partial charge in [-0.1, -0.05) is 6.92 Å². The Kier molecular flexibility index (Phi) is 1.31. The second-order valence-electron chi connectivity index (χ2n) is 3.16. The van der Waals surface area contributed by atoms with Gasteiger partial charge < -0.3 is 5.32 Å². The van der Waals surface area contributed by atoms with Crippen molar-refractivity contribution in [3.05, 3.63) is 0 Å². The molecule has 0 spiro atoms. The average Bonchev–Trinajstić information content (AvgIpc) is 2.47. The zero-order valence-electron chi connectivity index (χ0n) is 5.99. The van der Waals surface area contributed by atoms with E-state index in [0.717, 1.165) is 0 Å². The minimum absolute atomic E-state index is 0.648. The molecule has 0 heterocycles. The third-order valence-electron chi connectivity index (χ3n) is 2.52. The molecule has 1 atom stereocenters. The Morgan fingerprint density at radius 3 is 2.12 bits per heavy atom. The summed E-state index contributed by atoms with van der Waals surface area (Å²) >= 11 is 0. The molecule has 1 saturated carbocycles. The van der Waals surface area contributed by atoms with Crippen molar-refractivity contribution in [3.63, 3.8) is 0 Å². The fraction of sp³-hybridized carbons (Fsp3) is 1.00. The first-order chi connectivity index (χ1) is 3.69. The summed E-state index contributed by atoms with van der Waals surface area (Å²) in [4.78, 5) is 0. The Morgan fingerprint density at radius 1 is 1.50 bits per heavy atom. The molecule has 1 nitrogen and oxygen atoms in total. The van der Waals surface area contributed by atoms with E-state index in [2.05, 4.69) is 19.2 Å². The van der Waals surface area contributed by atoms with Gasteiger partial charge in [-0.15, -0.1) is 0 Å². The van der Waals surface area contributed by atoms with Crippen LogP contribution in [0.15, 0.2) is 0 Å². The van der Waals surface area contributed by atoms with Crippen LogP contribution in [0, 0.1) is 5.41 Å². The summed E-state index contributed by atoms with van der Waals surface area (Å²) in [7, 11) is 2.04. The van der Waals surface area contributed by atoms with E-state index in [0.29, 0.717) is 11.5 Å². The average molecular weight is 113 g/mol. The lowest BCUT2D eigenvalue weighted by Gasteiger charge is -2.16. The molecule has 0 aromatic heterocycles. The van der Waals surface area contributed by atoms with Crippen molar-refractivity contribution in [2.45, 2.75) is 32.7 Å². The van der Waals surface area contributed by atoms with Crippen LogP contribution in [0.25, 0.3) is 0 Å².